The molecule has 0 aromatic rings. The molecule has 0 saturated carbocycles. The first-order valence-corrected chi connectivity index (χ1v) is 6.28. The summed E-state index contributed by atoms with van der Waals surface area (Å²) in [6.45, 7) is 1.88. The van der Waals surface area contributed by atoms with Crippen LogP contribution >= 0.6 is 81.2 Å². The zero-order valence-corrected chi connectivity index (χ0v) is 12.4. The van der Waals surface area contributed by atoms with Gasteiger partial charge in [-0.1, -0.05) is 94.6 Å². The standard InChI is InChI=1S/C7H7Cl7/c1-2-3-6(11,12)7(13,14)4(8)5(9)10/h2-3H2,1H3. The Hall–Kier alpha value is 1.77. The van der Waals surface area contributed by atoms with Crippen LogP contribution in [0.25, 0.3) is 0 Å². The molecular formula is C7H7Cl7. The van der Waals surface area contributed by atoms with Crippen molar-refractivity contribution in [3.8, 4) is 0 Å². The minimum absolute atomic E-state index is 0.178. The third-order valence-electron chi connectivity index (χ3n) is 1.46. The van der Waals surface area contributed by atoms with Crippen LogP contribution in [0.4, 0.5) is 0 Å². The number of hydrogen-bond acceptors (Lipinski definition) is 0. The lowest BCUT2D eigenvalue weighted by Crippen LogP contribution is -2.36. The quantitative estimate of drug-likeness (QED) is 0.549. The second-order valence-electron chi connectivity index (χ2n) is 2.60. The molecule has 0 N–H and O–H groups in total. The highest BCUT2D eigenvalue weighted by Gasteiger charge is 2.49. The summed E-state index contributed by atoms with van der Waals surface area (Å²) in [6.07, 6.45) is 1.05. The van der Waals surface area contributed by atoms with Gasteiger partial charge in [0.15, 0.2) is 8.67 Å². The number of rotatable bonds is 4. The van der Waals surface area contributed by atoms with Crippen LogP contribution in [0.15, 0.2) is 9.52 Å². The molecule has 0 aliphatic rings. The van der Waals surface area contributed by atoms with E-state index in [1.165, 1.54) is 0 Å². The molecular weight excluding hydrogens is 332 g/mol. The van der Waals surface area contributed by atoms with E-state index in [-0.39, 0.29) is 9.52 Å². The molecule has 0 aliphatic carbocycles. The second kappa shape index (κ2) is 5.91. The molecule has 0 unspecified atom stereocenters. The summed E-state index contributed by atoms with van der Waals surface area (Å²) in [5.74, 6) is 0. The Morgan fingerprint density at radius 3 is 1.71 bits per heavy atom. The van der Waals surface area contributed by atoms with Crippen molar-refractivity contribution in [2.24, 2.45) is 0 Å². The van der Waals surface area contributed by atoms with Gasteiger partial charge in [0.2, 0.25) is 0 Å². The van der Waals surface area contributed by atoms with Gasteiger partial charge in [-0.3, -0.25) is 0 Å². The molecule has 0 aliphatic heterocycles. The Kier molecular flexibility index (Phi) is 6.66. The molecule has 0 aromatic carbocycles. The van der Waals surface area contributed by atoms with Crippen LogP contribution in [0.5, 0.6) is 0 Å². The fourth-order valence-corrected chi connectivity index (χ4v) is 2.43. The van der Waals surface area contributed by atoms with Crippen molar-refractivity contribution in [2.75, 3.05) is 0 Å². The molecule has 0 rings (SSSR count). The molecule has 14 heavy (non-hydrogen) atoms. The predicted octanol–water partition coefficient (Wildman–Crippen LogP) is 6.02. The topological polar surface area (TPSA) is 0 Å². The minimum atomic E-state index is -1.72. The van der Waals surface area contributed by atoms with Crippen molar-refractivity contribution >= 4 is 81.2 Å². The SMILES string of the molecule is CCCC(Cl)(Cl)C(Cl)(Cl)C(Cl)=C(Cl)Cl. The number of allylic oxidation sites excluding steroid dienone is 1. The summed E-state index contributed by atoms with van der Waals surface area (Å²) in [7, 11) is 0. The Bertz CT molecular complexity index is 226. The zero-order valence-electron chi connectivity index (χ0n) is 7.06. The van der Waals surface area contributed by atoms with Crippen LogP contribution in [0.1, 0.15) is 19.8 Å². The first kappa shape index (κ1) is 15.8. The van der Waals surface area contributed by atoms with Gasteiger partial charge in [0.25, 0.3) is 0 Å². The highest BCUT2D eigenvalue weighted by molar-refractivity contribution is 6.69. The molecule has 0 aromatic heterocycles. The Labute approximate surface area is 118 Å². The van der Waals surface area contributed by atoms with Crippen LogP contribution in [0.3, 0.4) is 0 Å². The Morgan fingerprint density at radius 2 is 1.43 bits per heavy atom. The van der Waals surface area contributed by atoms with E-state index in [4.69, 9.17) is 81.2 Å². The van der Waals surface area contributed by atoms with Crippen molar-refractivity contribution in [3.63, 3.8) is 0 Å². The highest BCUT2D eigenvalue weighted by Crippen LogP contribution is 2.52. The normalized spacial score (nSPS) is 12.9. The molecule has 0 bridgehead atoms. The van der Waals surface area contributed by atoms with Gasteiger partial charge in [0.05, 0.1) is 5.03 Å². The van der Waals surface area contributed by atoms with E-state index in [1.54, 1.807) is 0 Å². The summed E-state index contributed by atoms with van der Waals surface area (Å²) in [6, 6.07) is 0. The van der Waals surface area contributed by atoms with E-state index in [2.05, 4.69) is 0 Å². The van der Waals surface area contributed by atoms with Gasteiger partial charge in [-0.15, -0.1) is 0 Å². The smallest absolute Gasteiger partial charge is 0.0979 e. The Morgan fingerprint density at radius 1 is 1.00 bits per heavy atom. The van der Waals surface area contributed by atoms with Crippen LogP contribution < -0.4 is 0 Å². The van der Waals surface area contributed by atoms with Gasteiger partial charge >= 0.3 is 0 Å². The average Bonchev–Trinajstić information content (AvgIpc) is 2.02. The van der Waals surface area contributed by atoms with Crippen molar-refractivity contribution in [2.45, 2.75) is 28.4 Å². The van der Waals surface area contributed by atoms with Crippen molar-refractivity contribution in [3.05, 3.63) is 9.52 Å². The molecule has 0 amide bonds. The summed E-state index contributed by atoms with van der Waals surface area (Å²) in [4.78, 5) is 0. The van der Waals surface area contributed by atoms with E-state index in [1.807, 2.05) is 6.92 Å². The van der Waals surface area contributed by atoms with Crippen LogP contribution in [0, 0.1) is 0 Å². The summed E-state index contributed by atoms with van der Waals surface area (Å²) >= 11 is 40.3. The molecule has 0 saturated heterocycles. The second-order valence-corrected chi connectivity index (χ2v) is 6.74. The van der Waals surface area contributed by atoms with E-state index in [9.17, 15) is 0 Å². The Balaban J connectivity index is 5.04. The zero-order chi connectivity index (χ0) is 11.6. The summed E-state index contributed by atoms with van der Waals surface area (Å²) in [5.41, 5.74) is 0. The van der Waals surface area contributed by atoms with Gasteiger partial charge in [-0.05, 0) is 6.42 Å². The lowest BCUT2D eigenvalue weighted by Gasteiger charge is -2.32. The number of alkyl halides is 4. The minimum Gasteiger partial charge on any atom is -0.0979 e. The van der Waals surface area contributed by atoms with Gasteiger partial charge < -0.3 is 0 Å². The summed E-state index contributed by atoms with van der Waals surface area (Å²) in [5, 5.41) is -0.178. The fraction of sp³-hybridized carbons (Fsp3) is 0.714. The maximum atomic E-state index is 5.93. The van der Waals surface area contributed by atoms with Crippen LogP contribution in [-0.2, 0) is 0 Å². The number of hydrogen-bond donors (Lipinski definition) is 0. The molecule has 7 heteroatoms. The van der Waals surface area contributed by atoms with Crippen LogP contribution in [-0.4, -0.2) is 8.67 Å². The van der Waals surface area contributed by atoms with Gasteiger partial charge in [-0.2, -0.15) is 0 Å². The monoisotopic (exact) mass is 336 g/mol. The molecule has 0 heterocycles. The van der Waals surface area contributed by atoms with E-state index in [0.29, 0.717) is 12.8 Å². The van der Waals surface area contributed by atoms with E-state index >= 15 is 0 Å². The highest BCUT2D eigenvalue weighted by atomic mass is 35.5. The van der Waals surface area contributed by atoms with E-state index < -0.39 is 8.67 Å². The first-order valence-electron chi connectivity index (χ1n) is 3.63. The third kappa shape index (κ3) is 3.66. The molecule has 0 fully saturated rings. The van der Waals surface area contributed by atoms with Crippen LogP contribution in [0.2, 0.25) is 0 Å². The van der Waals surface area contributed by atoms with Gasteiger partial charge in [-0.25, -0.2) is 0 Å². The maximum Gasteiger partial charge on any atom is 0.188 e. The number of halogens is 7. The first-order chi connectivity index (χ1) is 6.16. The van der Waals surface area contributed by atoms with Crippen molar-refractivity contribution in [1.82, 2.24) is 0 Å². The average molecular weight is 339 g/mol. The molecule has 0 spiro atoms. The molecule has 84 valence electrons. The van der Waals surface area contributed by atoms with Gasteiger partial charge in [0, 0.05) is 0 Å². The molecule has 0 nitrogen and oxygen atoms in total. The molecule has 0 atom stereocenters. The fourth-order valence-electron chi connectivity index (χ4n) is 0.750. The molecule has 0 radical (unpaired) electrons. The summed E-state index contributed by atoms with van der Waals surface area (Å²) < 4.78 is -3.40. The predicted molar refractivity (Wildman–Crippen MR) is 68.4 cm³/mol. The maximum absolute atomic E-state index is 5.93. The van der Waals surface area contributed by atoms with Gasteiger partial charge in [0.1, 0.15) is 4.49 Å². The van der Waals surface area contributed by atoms with E-state index in [0.717, 1.165) is 0 Å². The lowest BCUT2D eigenvalue weighted by molar-refractivity contribution is 0.653. The lowest BCUT2D eigenvalue weighted by atomic mass is 10.1. The third-order valence-corrected chi connectivity index (χ3v) is 5.06. The van der Waals surface area contributed by atoms with Crippen molar-refractivity contribution < 1.29 is 0 Å². The largest absolute Gasteiger partial charge is 0.188 e. The van der Waals surface area contributed by atoms with Crippen molar-refractivity contribution in [1.29, 1.82) is 0 Å².